The number of aromatic nitrogens is 3. The summed E-state index contributed by atoms with van der Waals surface area (Å²) in [5, 5.41) is 17.6. The molecule has 3 N–H and O–H groups in total. The van der Waals surface area contributed by atoms with Gasteiger partial charge in [-0.25, -0.2) is 0 Å². The van der Waals surface area contributed by atoms with Crippen LogP contribution in [0.15, 0.2) is 42.6 Å². The number of nitrogens with zero attached hydrogens (tertiary/aromatic N) is 3. The predicted molar refractivity (Wildman–Crippen MR) is 76.5 cm³/mol. The first-order chi connectivity index (χ1) is 9.63. The minimum Gasteiger partial charge on any atom is -0.508 e. The molecule has 0 radical (unpaired) electrons. The van der Waals surface area contributed by atoms with Gasteiger partial charge in [0.1, 0.15) is 5.75 Å². The van der Waals surface area contributed by atoms with Crippen LogP contribution in [-0.2, 0) is 6.42 Å². The number of fused-ring (bicyclic) bond motifs is 1. The van der Waals surface area contributed by atoms with Gasteiger partial charge in [0.25, 0.3) is 0 Å². The number of phenolic OH excluding ortho intramolecular Hbond substituents is 1. The van der Waals surface area contributed by atoms with E-state index in [4.69, 9.17) is 5.73 Å². The molecule has 0 aliphatic heterocycles. The number of aromatic hydroxyl groups is 1. The number of aryl methyl sites for hydroxylation is 1. The van der Waals surface area contributed by atoms with Crippen molar-refractivity contribution in [2.24, 2.45) is 5.73 Å². The Kier molecular flexibility index (Phi) is 3.12. The highest BCUT2D eigenvalue weighted by atomic mass is 16.3. The van der Waals surface area contributed by atoms with Gasteiger partial charge in [-0.1, -0.05) is 12.1 Å². The van der Waals surface area contributed by atoms with Gasteiger partial charge in [0.05, 0.1) is 6.04 Å². The molecule has 2 heterocycles. The van der Waals surface area contributed by atoms with E-state index in [9.17, 15) is 5.11 Å². The van der Waals surface area contributed by atoms with Crippen molar-refractivity contribution in [2.45, 2.75) is 19.4 Å². The van der Waals surface area contributed by atoms with E-state index < -0.39 is 0 Å². The zero-order chi connectivity index (χ0) is 14.1. The van der Waals surface area contributed by atoms with Gasteiger partial charge in [-0.3, -0.25) is 4.40 Å². The third-order valence-corrected chi connectivity index (χ3v) is 3.32. The summed E-state index contributed by atoms with van der Waals surface area (Å²) in [5.41, 5.74) is 9.23. The van der Waals surface area contributed by atoms with Crippen LogP contribution in [0.3, 0.4) is 0 Å². The first kappa shape index (κ1) is 12.6. The average molecular weight is 268 g/mol. The summed E-state index contributed by atoms with van der Waals surface area (Å²) in [6, 6.07) is 10.8. The van der Waals surface area contributed by atoms with E-state index in [1.807, 2.05) is 41.8 Å². The van der Waals surface area contributed by atoms with Crippen molar-refractivity contribution in [1.29, 1.82) is 0 Å². The summed E-state index contributed by atoms with van der Waals surface area (Å²) in [5.74, 6) is 0.999. The maximum absolute atomic E-state index is 9.28. The summed E-state index contributed by atoms with van der Waals surface area (Å²) in [7, 11) is 0. The number of nitrogens with two attached hydrogens (primary N) is 1. The molecule has 0 saturated carbocycles. The van der Waals surface area contributed by atoms with Crippen LogP contribution in [0.25, 0.3) is 5.65 Å². The van der Waals surface area contributed by atoms with Gasteiger partial charge >= 0.3 is 0 Å². The van der Waals surface area contributed by atoms with Crippen molar-refractivity contribution >= 4 is 5.65 Å². The highest BCUT2D eigenvalue weighted by Crippen LogP contribution is 2.18. The molecule has 1 unspecified atom stereocenters. The SMILES string of the molecule is Cc1ccn2c(C(N)Cc3ccc(O)cc3)nnc2c1. The molecule has 2 aromatic heterocycles. The van der Waals surface area contributed by atoms with E-state index in [-0.39, 0.29) is 11.8 Å². The van der Waals surface area contributed by atoms with E-state index in [0.717, 1.165) is 22.6 Å². The van der Waals surface area contributed by atoms with Crippen LogP contribution in [0.1, 0.15) is 23.0 Å². The molecular weight excluding hydrogens is 252 g/mol. The predicted octanol–water partition coefficient (Wildman–Crippen LogP) is 1.99. The molecule has 0 aliphatic rings. The Morgan fingerprint density at radius 3 is 2.70 bits per heavy atom. The van der Waals surface area contributed by atoms with Crippen LogP contribution >= 0.6 is 0 Å². The minimum atomic E-state index is -0.239. The molecule has 5 nitrogen and oxygen atoms in total. The largest absolute Gasteiger partial charge is 0.508 e. The van der Waals surface area contributed by atoms with Crippen LogP contribution in [0.5, 0.6) is 5.75 Å². The minimum absolute atomic E-state index is 0.239. The van der Waals surface area contributed by atoms with Crippen LogP contribution in [-0.4, -0.2) is 19.7 Å². The van der Waals surface area contributed by atoms with Crippen molar-refractivity contribution < 1.29 is 5.11 Å². The maximum Gasteiger partial charge on any atom is 0.161 e. The van der Waals surface area contributed by atoms with Crippen LogP contribution in [0.2, 0.25) is 0 Å². The van der Waals surface area contributed by atoms with Gasteiger partial charge in [-0.2, -0.15) is 0 Å². The number of rotatable bonds is 3. The van der Waals surface area contributed by atoms with Gasteiger partial charge < -0.3 is 10.8 Å². The topological polar surface area (TPSA) is 76.4 Å². The molecule has 3 rings (SSSR count). The lowest BCUT2D eigenvalue weighted by Gasteiger charge is -2.10. The average Bonchev–Trinajstić information content (AvgIpc) is 2.84. The number of pyridine rings is 1. The molecule has 1 atom stereocenters. The van der Waals surface area contributed by atoms with Crippen LogP contribution in [0.4, 0.5) is 0 Å². The van der Waals surface area contributed by atoms with Crippen molar-refractivity contribution in [3.05, 3.63) is 59.5 Å². The maximum atomic E-state index is 9.28. The van der Waals surface area contributed by atoms with Gasteiger partial charge in [-0.05, 0) is 48.7 Å². The fourth-order valence-electron chi connectivity index (χ4n) is 2.24. The Morgan fingerprint density at radius 2 is 1.95 bits per heavy atom. The zero-order valence-electron chi connectivity index (χ0n) is 11.2. The molecule has 5 heteroatoms. The van der Waals surface area contributed by atoms with E-state index in [1.165, 1.54) is 0 Å². The molecule has 0 amide bonds. The summed E-state index contributed by atoms with van der Waals surface area (Å²) >= 11 is 0. The monoisotopic (exact) mass is 268 g/mol. The Balaban J connectivity index is 1.88. The van der Waals surface area contributed by atoms with Crippen molar-refractivity contribution in [1.82, 2.24) is 14.6 Å². The lowest BCUT2D eigenvalue weighted by Crippen LogP contribution is -2.16. The van der Waals surface area contributed by atoms with E-state index in [1.54, 1.807) is 12.1 Å². The molecule has 102 valence electrons. The lowest BCUT2D eigenvalue weighted by atomic mass is 10.1. The summed E-state index contributed by atoms with van der Waals surface area (Å²) in [4.78, 5) is 0. The fourth-order valence-corrected chi connectivity index (χ4v) is 2.24. The summed E-state index contributed by atoms with van der Waals surface area (Å²) in [6.45, 7) is 2.02. The highest BCUT2D eigenvalue weighted by molar-refractivity contribution is 5.41. The number of phenols is 1. The summed E-state index contributed by atoms with van der Waals surface area (Å²) in [6.07, 6.45) is 2.59. The standard InChI is InChI=1S/C15H16N4O/c1-10-6-7-19-14(8-10)17-18-15(19)13(16)9-11-2-4-12(20)5-3-11/h2-8,13,20H,9,16H2,1H3. The smallest absolute Gasteiger partial charge is 0.161 e. The Labute approximate surface area is 116 Å². The fraction of sp³-hybridized carbons (Fsp3) is 0.200. The first-order valence-electron chi connectivity index (χ1n) is 6.48. The molecule has 0 spiro atoms. The van der Waals surface area contributed by atoms with E-state index in [2.05, 4.69) is 10.2 Å². The Bertz CT molecular complexity index is 733. The number of hydrogen-bond acceptors (Lipinski definition) is 4. The Hall–Kier alpha value is -2.40. The summed E-state index contributed by atoms with van der Waals surface area (Å²) < 4.78 is 1.91. The third kappa shape index (κ3) is 2.35. The second-order valence-electron chi connectivity index (χ2n) is 4.97. The normalized spacial score (nSPS) is 12.7. The molecule has 0 fully saturated rings. The highest BCUT2D eigenvalue weighted by Gasteiger charge is 2.14. The molecule has 0 aliphatic carbocycles. The Morgan fingerprint density at radius 1 is 1.20 bits per heavy atom. The molecule has 1 aromatic carbocycles. The lowest BCUT2D eigenvalue weighted by molar-refractivity contribution is 0.475. The molecule has 3 aromatic rings. The van der Waals surface area contributed by atoms with Crippen LogP contribution < -0.4 is 5.73 Å². The van der Waals surface area contributed by atoms with E-state index >= 15 is 0 Å². The number of hydrogen-bond donors (Lipinski definition) is 2. The quantitative estimate of drug-likeness (QED) is 0.761. The van der Waals surface area contributed by atoms with Crippen LogP contribution in [0, 0.1) is 6.92 Å². The molecule has 0 saturated heterocycles. The van der Waals surface area contributed by atoms with Crippen molar-refractivity contribution in [2.75, 3.05) is 0 Å². The van der Waals surface area contributed by atoms with Gasteiger partial charge in [0.2, 0.25) is 0 Å². The molecule has 20 heavy (non-hydrogen) atoms. The zero-order valence-corrected chi connectivity index (χ0v) is 11.2. The second-order valence-corrected chi connectivity index (χ2v) is 4.97. The van der Waals surface area contributed by atoms with Crippen molar-refractivity contribution in [3.8, 4) is 5.75 Å². The third-order valence-electron chi connectivity index (χ3n) is 3.32. The van der Waals surface area contributed by atoms with Crippen molar-refractivity contribution in [3.63, 3.8) is 0 Å². The number of benzene rings is 1. The molecule has 0 bridgehead atoms. The van der Waals surface area contributed by atoms with E-state index in [0.29, 0.717) is 6.42 Å². The first-order valence-corrected chi connectivity index (χ1v) is 6.48. The van der Waals surface area contributed by atoms with Gasteiger partial charge in [0.15, 0.2) is 11.5 Å². The molecular formula is C15H16N4O. The van der Waals surface area contributed by atoms with Gasteiger partial charge in [0, 0.05) is 6.20 Å². The second kappa shape index (κ2) is 4.94. The van der Waals surface area contributed by atoms with Gasteiger partial charge in [-0.15, -0.1) is 10.2 Å².